The first-order valence-corrected chi connectivity index (χ1v) is 10.8. The van der Waals surface area contributed by atoms with Crippen LogP contribution in [0.25, 0.3) is 10.9 Å². The van der Waals surface area contributed by atoms with E-state index < -0.39 is 0 Å². The number of aryl methyl sites for hydroxylation is 1. The highest BCUT2D eigenvalue weighted by molar-refractivity contribution is 5.80. The molecule has 6 nitrogen and oxygen atoms in total. The summed E-state index contributed by atoms with van der Waals surface area (Å²) in [5, 5.41) is 8.40. The zero-order valence-corrected chi connectivity index (χ0v) is 19.4. The van der Waals surface area contributed by atoms with Crippen LogP contribution in [-0.4, -0.2) is 16.2 Å². The van der Waals surface area contributed by atoms with Gasteiger partial charge in [-0.1, -0.05) is 11.2 Å². The van der Waals surface area contributed by atoms with Gasteiger partial charge in [0.25, 0.3) is 0 Å². The van der Waals surface area contributed by atoms with Gasteiger partial charge < -0.3 is 19.3 Å². The van der Waals surface area contributed by atoms with E-state index in [9.17, 15) is 0 Å². The smallest absolute Gasteiger partial charge is 0.219 e. The van der Waals surface area contributed by atoms with Crippen molar-refractivity contribution in [1.82, 2.24) is 10.1 Å². The molecule has 2 aromatic carbocycles. The van der Waals surface area contributed by atoms with E-state index in [0.29, 0.717) is 5.88 Å². The number of hydrogen-bond donors (Lipinski definition) is 1. The molecule has 0 saturated heterocycles. The Morgan fingerprint density at radius 2 is 1.66 bits per heavy atom. The maximum absolute atomic E-state index is 6.12. The number of nitrogens with zero attached hydrogens (tertiary/aromatic N) is 2. The van der Waals surface area contributed by atoms with Gasteiger partial charge in [0.1, 0.15) is 23.5 Å². The highest BCUT2D eigenvalue weighted by Crippen LogP contribution is 2.33. The topological polar surface area (TPSA) is 69.4 Å². The minimum Gasteiger partial charge on any atom is -0.491 e. The predicted molar refractivity (Wildman–Crippen MR) is 127 cm³/mol. The molecule has 6 heteroatoms. The maximum Gasteiger partial charge on any atom is 0.219 e. The third-order valence-corrected chi connectivity index (χ3v) is 5.57. The van der Waals surface area contributed by atoms with Crippen molar-refractivity contribution in [3.8, 4) is 17.4 Å². The molecule has 1 N–H and O–H groups in total. The molecule has 166 valence electrons. The Morgan fingerprint density at radius 1 is 0.906 bits per heavy atom. The average Bonchev–Trinajstić information content (AvgIpc) is 3.17. The van der Waals surface area contributed by atoms with Crippen molar-refractivity contribution in [3.05, 3.63) is 71.1 Å². The summed E-state index contributed by atoms with van der Waals surface area (Å²) in [4.78, 5) is 4.70. The predicted octanol–water partition coefficient (Wildman–Crippen LogP) is 6.90. The van der Waals surface area contributed by atoms with E-state index in [0.717, 1.165) is 50.5 Å². The zero-order chi connectivity index (χ0) is 22.8. The molecule has 0 fully saturated rings. The van der Waals surface area contributed by atoms with Gasteiger partial charge in [0.2, 0.25) is 5.88 Å². The first-order valence-electron chi connectivity index (χ1n) is 10.8. The Labute approximate surface area is 188 Å². The van der Waals surface area contributed by atoms with E-state index >= 15 is 0 Å². The lowest BCUT2D eigenvalue weighted by Crippen LogP contribution is -2.07. The van der Waals surface area contributed by atoms with Crippen LogP contribution in [0.3, 0.4) is 0 Å². The number of benzene rings is 2. The van der Waals surface area contributed by atoms with Crippen LogP contribution in [0.15, 0.2) is 53.3 Å². The third-order valence-electron chi connectivity index (χ3n) is 5.57. The van der Waals surface area contributed by atoms with Crippen LogP contribution < -0.4 is 14.8 Å². The lowest BCUT2D eigenvalue weighted by atomic mass is 10.1. The Balaban J connectivity index is 1.54. The highest BCUT2D eigenvalue weighted by atomic mass is 16.5. The molecule has 2 aromatic heterocycles. The van der Waals surface area contributed by atoms with Gasteiger partial charge in [-0.05, 0) is 88.6 Å². The molecule has 4 rings (SSSR count). The van der Waals surface area contributed by atoms with Crippen molar-refractivity contribution < 1.29 is 14.0 Å². The summed E-state index contributed by atoms with van der Waals surface area (Å²) in [5.74, 6) is 2.23. The summed E-state index contributed by atoms with van der Waals surface area (Å²) >= 11 is 0. The van der Waals surface area contributed by atoms with E-state index in [1.165, 1.54) is 0 Å². The number of rotatable bonds is 7. The molecule has 0 amide bonds. The monoisotopic (exact) mass is 431 g/mol. The Bertz CT molecular complexity index is 1250. The van der Waals surface area contributed by atoms with Crippen LogP contribution in [0.4, 0.5) is 5.69 Å². The van der Waals surface area contributed by atoms with E-state index in [1.54, 1.807) is 6.26 Å². The number of aromatic nitrogens is 2. The van der Waals surface area contributed by atoms with Crippen molar-refractivity contribution in [2.24, 2.45) is 0 Å². The number of nitrogens with one attached hydrogen (secondary N) is 1. The van der Waals surface area contributed by atoms with E-state index in [-0.39, 0.29) is 12.1 Å². The SMILES string of the molecule is Cc1nocc1NC(C)c1ccc2nc(Oc3ccc(OC(C)C)c(C)c3C)ccc2c1. The molecule has 2 heterocycles. The Kier molecular flexibility index (Phi) is 6.04. The Morgan fingerprint density at radius 3 is 2.38 bits per heavy atom. The van der Waals surface area contributed by atoms with Crippen LogP contribution in [0.2, 0.25) is 0 Å². The van der Waals surface area contributed by atoms with Gasteiger partial charge in [-0.25, -0.2) is 4.98 Å². The van der Waals surface area contributed by atoms with Crippen molar-refractivity contribution in [3.63, 3.8) is 0 Å². The highest BCUT2D eigenvalue weighted by Gasteiger charge is 2.13. The normalized spacial score (nSPS) is 12.2. The van der Waals surface area contributed by atoms with Gasteiger partial charge in [0, 0.05) is 17.5 Å². The van der Waals surface area contributed by atoms with Crippen molar-refractivity contribution in [2.75, 3.05) is 5.32 Å². The van der Waals surface area contributed by atoms with Gasteiger partial charge >= 0.3 is 0 Å². The fourth-order valence-corrected chi connectivity index (χ4v) is 3.57. The molecule has 0 aliphatic heterocycles. The van der Waals surface area contributed by atoms with Gasteiger partial charge in [0.15, 0.2) is 0 Å². The number of ether oxygens (including phenoxy) is 2. The average molecular weight is 432 g/mol. The molecule has 0 bridgehead atoms. The molecule has 0 spiro atoms. The summed E-state index contributed by atoms with van der Waals surface area (Å²) in [6.07, 6.45) is 1.76. The molecule has 0 aliphatic carbocycles. The van der Waals surface area contributed by atoms with Gasteiger partial charge in [0.05, 0.1) is 17.3 Å². The molecule has 1 atom stereocenters. The fraction of sp³-hybridized carbons (Fsp3) is 0.308. The van der Waals surface area contributed by atoms with Crippen LogP contribution in [0.1, 0.15) is 49.2 Å². The Hall–Kier alpha value is -3.54. The second-order valence-electron chi connectivity index (χ2n) is 8.36. The van der Waals surface area contributed by atoms with Crippen molar-refractivity contribution in [1.29, 1.82) is 0 Å². The second kappa shape index (κ2) is 8.91. The van der Waals surface area contributed by atoms with Crippen molar-refractivity contribution in [2.45, 2.75) is 53.7 Å². The van der Waals surface area contributed by atoms with Crippen LogP contribution in [0.5, 0.6) is 17.4 Å². The molecule has 0 radical (unpaired) electrons. The van der Waals surface area contributed by atoms with Crippen LogP contribution in [-0.2, 0) is 0 Å². The zero-order valence-electron chi connectivity index (χ0n) is 19.4. The van der Waals surface area contributed by atoms with E-state index in [4.69, 9.17) is 19.0 Å². The number of fused-ring (bicyclic) bond motifs is 1. The van der Waals surface area contributed by atoms with Crippen molar-refractivity contribution >= 4 is 16.6 Å². The molecule has 1 unspecified atom stereocenters. The molecule has 32 heavy (non-hydrogen) atoms. The quantitative estimate of drug-likeness (QED) is 0.343. The summed E-state index contributed by atoms with van der Waals surface area (Å²) in [6, 6.07) is 14.2. The lowest BCUT2D eigenvalue weighted by Gasteiger charge is -2.17. The summed E-state index contributed by atoms with van der Waals surface area (Å²) in [5.41, 5.74) is 5.90. The maximum atomic E-state index is 6.12. The summed E-state index contributed by atoms with van der Waals surface area (Å²) < 4.78 is 17.0. The minimum absolute atomic E-state index is 0.102. The lowest BCUT2D eigenvalue weighted by molar-refractivity contribution is 0.240. The van der Waals surface area contributed by atoms with E-state index in [1.807, 2.05) is 65.0 Å². The van der Waals surface area contributed by atoms with Gasteiger partial charge in [-0.15, -0.1) is 0 Å². The first-order chi connectivity index (χ1) is 15.3. The molecular weight excluding hydrogens is 402 g/mol. The van der Waals surface area contributed by atoms with E-state index in [2.05, 4.69) is 29.5 Å². The number of anilines is 1. The second-order valence-corrected chi connectivity index (χ2v) is 8.36. The minimum atomic E-state index is 0.102. The standard InChI is InChI=1S/C26H29N3O3/c1-15(2)31-24-10-11-25(17(4)16(24)3)32-26-12-8-21-13-20(7-9-22(21)28-26)18(5)27-23-14-30-29-19(23)6/h7-15,18,27H,1-6H3. The molecule has 0 saturated carbocycles. The molecular formula is C26H29N3O3. The van der Waals surface area contributed by atoms with Crippen LogP contribution >= 0.6 is 0 Å². The van der Waals surface area contributed by atoms with Gasteiger partial charge in [-0.2, -0.15) is 0 Å². The summed E-state index contributed by atoms with van der Waals surface area (Å²) in [7, 11) is 0. The number of pyridine rings is 1. The largest absolute Gasteiger partial charge is 0.491 e. The fourth-order valence-electron chi connectivity index (χ4n) is 3.57. The third kappa shape index (κ3) is 4.54. The molecule has 0 aliphatic rings. The first kappa shape index (κ1) is 21.7. The van der Waals surface area contributed by atoms with Gasteiger partial charge in [-0.3, -0.25) is 0 Å². The molecule has 4 aromatic rings. The summed E-state index contributed by atoms with van der Waals surface area (Å²) in [6.45, 7) is 12.2. The van der Waals surface area contributed by atoms with Crippen LogP contribution in [0, 0.1) is 20.8 Å². The number of hydrogen-bond acceptors (Lipinski definition) is 6.